The van der Waals surface area contributed by atoms with Crippen LogP contribution >= 0.6 is 0 Å². The number of imidazole rings is 2. The fourth-order valence-electron chi connectivity index (χ4n) is 9.95. The van der Waals surface area contributed by atoms with Gasteiger partial charge in [-0.25, -0.2) is 23.9 Å². The molecule has 3 fully saturated rings. The molecule has 3 aliphatic heterocycles. The minimum Gasteiger partial charge on any atom is -0.465 e. The van der Waals surface area contributed by atoms with Gasteiger partial charge >= 0.3 is 12.2 Å². The topological polar surface area (TPSA) is 221 Å². The average molecular weight is 882 g/mol. The standard InChI is InChI=1S/C46H56FN9O8/c1-23(2)39(52-45(61)64-6)43(59)54-21-29(57)19-37(54)41-48-31-13-7-25(17-33(31)50-41)35-15-16-36(56(35)28-11-9-27(47)10-12-28)26-8-14-32-34(18-26)51-42(49-32)38-20-30(58)22-55(38)44(60)40(24(3)4)53(5)46(62)63/h7-14,17-18,23-24,29-30,35-40,57-58H,15-16,19-22H2,1-6H3,(H,48,50)(H,49,51)(H,52,61)(H,62,63)/t29-,30-,35+,36+,37-,38-,39-,40-/m0/s1. The highest BCUT2D eigenvalue weighted by Crippen LogP contribution is 2.48. The number of carbonyl (C=O) groups is 4. The Labute approximate surface area is 369 Å². The Hall–Kier alpha value is -6.27. The number of likely N-dealkylation sites (N-methyl/N-ethyl adjacent to an activating group) is 1. The van der Waals surface area contributed by atoms with Gasteiger partial charge in [0, 0.05) is 38.7 Å². The van der Waals surface area contributed by atoms with Crippen LogP contribution in [0.15, 0.2) is 60.7 Å². The summed E-state index contributed by atoms with van der Waals surface area (Å²) < 4.78 is 19.1. The van der Waals surface area contributed by atoms with E-state index in [9.17, 15) is 38.9 Å². The Morgan fingerprint density at radius 2 is 1.27 bits per heavy atom. The number of amides is 4. The van der Waals surface area contributed by atoms with Crippen LogP contribution in [0.2, 0.25) is 0 Å². The first-order chi connectivity index (χ1) is 30.5. The van der Waals surface area contributed by atoms with Crippen LogP contribution in [0.25, 0.3) is 22.1 Å². The first-order valence-electron chi connectivity index (χ1n) is 21.8. The maximum absolute atomic E-state index is 14.4. The van der Waals surface area contributed by atoms with Crippen LogP contribution in [0, 0.1) is 17.7 Å². The van der Waals surface area contributed by atoms with Crippen molar-refractivity contribution in [3.63, 3.8) is 0 Å². The molecule has 3 aliphatic rings. The lowest BCUT2D eigenvalue weighted by atomic mass is 10.0. The number of hydrogen-bond donors (Lipinski definition) is 6. The number of aromatic nitrogens is 4. The van der Waals surface area contributed by atoms with Gasteiger partial charge in [-0.05, 0) is 84.3 Å². The number of fused-ring (bicyclic) bond motifs is 2. The zero-order chi connectivity index (χ0) is 45.7. The van der Waals surface area contributed by atoms with Gasteiger partial charge in [0.25, 0.3) is 0 Å². The van der Waals surface area contributed by atoms with Crippen molar-refractivity contribution >= 4 is 51.8 Å². The van der Waals surface area contributed by atoms with E-state index in [1.165, 1.54) is 31.2 Å². The second-order valence-electron chi connectivity index (χ2n) is 18.0. The number of anilines is 1. The van der Waals surface area contributed by atoms with Crippen LogP contribution in [0.5, 0.6) is 0 Å². The fraction of sp³-hybridized carbons (Fsp3) is 0.478. The van der Waals surface area contributed by atoms with E-state index in [0.717, 1.165) is 45.6 Å². The second kappa shape index (κ2) is 17.7. The summed E-state index contributed by atoms with van der Waals surface area (Å²) in [6.07, 6.45) is -1.48. The average Bonchev–Trinajstić information content (AvgIpc) is 4.11. The second-order valence-corrected chi connectivity index (χ2v) is 18.0. The molecule has 0 aliphatic carbocycles. The van der Waals surface area contributed by atoms with Crippen molar-refractivity contribution < 1.29 is 43.6 Å². The summed E-state index contributed by atoms with van der Waals surface area (Å²) in [7, 11) is 2.62. The summed E-state index contributed by atoms with van der Waals surface area (Å²) >= 11 is 0. The van der Waals surface area contributed by atoms with Gasteiger partial charge in [-0.3, -0.25) is 14.5 Å². The third-order valence-electron chi connectivity index (χ3n) is 13.1. The van der Waals surface area contributed by atoms with E-state index in [0.29, 0.717) is 22.7 Å². The third-order valence-corrected chi connectivity index (χ3v) is 13.1. The van der Waals surface area contributed by atoms with Crippen molar-refractivity contribution in [2.24, 2.45) is 11.8 Å². The van der Waals surface area contributed by atoms with Gasteiger partial charge in [0.2, 0.25) is 11.8 Å². The lowest BCUT2D eigenvalue weighted by Gasteiger charge is -2.33. The SMILES string of the molecule is COC(=O)N[C@H](C(=O)N1C[C@@H](O)C[C@H]1c1nc2cc([C@H]3CC[C@H](c4ccc5[nH]c([C@@H]6C[C@H](O)CN6C(=O)[C@H](C(C)C)N(C)C(=O)O)nc5c4)N3c3ccc(F)cc3)ccc2[nH]1)C(C)C. The van der Waals surface area contributed by atoms with Gasteiger partial charge in [0.1, 0.15) is 29.5 Å². The van der Waals surface area contributed by atoms with E-state index in [1.54, 1.807) is 30.9 Å². The summed E-state index contributed by atoms with van der Waals surface area (Å²) in [5, 5.41) is 33.9. The minimum absolute atomic E-state index is 0.0562. The number of hydrogen-bond acceptors (Lipinski definition) is 10. The zero-order valence-corrected chi connectivity index (χ0v) is 36.7. The largest absolute Gasteiger partial charge is 0.465 e. The monoisotopic (exact) mass is 881 g/mol. The lowest BCUT2D eigenvalue weighted by Crippen LogP contribution is -2.51. The van der Waals surface area contributed by atoms with Gasteiger partial charge in [-0.2, -0.15) is 0 Å². The maximum Gasteiger partial charge on any atom is 0.407 e. The molecule has 17 nitrogen and oxygen atoms in total. The lowest BCUT2D eigenvalue weighted by molar-refractivity contribution is -0.139. The van der Waals surface area contributed by atoms with Gasteiger partial charge in [0.15, 0.2) is 0 Å². The van der Waals surface area contributed by atoms with E-state index >= 15 is 0 Å². The Bertz CT molecular complexity index is 2540. The molecule has 2 aromatic heterocycles. The van der Waals surface area contributed by atoms with Crippen molar-refractivity contribution in [3.05, 3.63) is 89.3 Å². The number of methoxy groups -OCH3 is 1. The summed E-state index contributed by atoms with van der Waals surface area (Å²) in [5.74, 6) is -0.601. The molecule has 5 aromatic rings. The number of H-pyrrole nitrogens is 2. The van der Waals surface area contributed by atoms with E-state index in [2.05, 4.69) is 20.2 Å². The number of nitrogens with one attached hydrogen (secondary N) is 3. The Balaban J connectivity index is 1.08. The molecular weight excluding hydrogens is 826 g/mol. The molecule has 4 amide bonds. The number of aliphatic hydroxyl groups excluding tert-OH is 2. The molecule has 64 heavy (non-hydrogen) atoms. The smallest absolute Gasteiger partial charge is 0.407 e. The van der Waals surface area contributed by atoms with Crippen molar-refractivity contribution in [2.45, 2.75) is 102 Å². The van der Waals surface area contributed by atoms with E-state index in [4.69, 9.17) is 14.7 Å². The molecule has 18 heteroatoms. The number of nitrogens with zero attached hydrogens (tertiary/aromatic N) is 6. The molecule has 3 saturated heterocycles. The molecule has 8 atom stereocenters. The number of benzene rings is 3. The molecule has 0 unspecified atom stereocenters. The van der Waals surface area contributed by atoms with Gasteiger partial charge < -0.3 is 50.0 Å². The van der Waals surface area contributed by atoms with Gasteiger partial charge in [0.05, 0.1) is 65.6 Å². The van der Waals surface area contributed by atoms with Crippen LogP contribution < -0.4 is 10.2 Å². The van der Waals surface area contributed by atoms with E-state index in [-0.39, 0.29) is 61.6 Å². The summed E-state index contributed by atoms with van der Waals surface area (Å²) in [6.45, 7) is 7.39. The number of aromatic amines is 2. The number of alkyl carbamates (subject to hydrolysis) is 1. The van der Waals surface area contributed by atoms with Crippen LogP contribution in [0.4, 0.5) is 19.7 Å². The number of ether oxygens (including phenoxy) is 1. The highest BCUT2D eigenvalue weighted by molar-refractivity contribution is 5.87. The highest BCUT2D eigenvalue weighted by atomic mass is 19.1. The molecule has 3 aromatic carbocycles. The molecule has 0 saturated carbocycles. The number of rotatable bonds is 11. The predicted octanol–water partition coefficient (Wildman–Crippen LogP) is 5.94. The molecular formula is C46H56FN9O8. The number of carboxylic acid groups (broad SMARTS) is 1. The molecule has 0 spiro atoms. The van der Waals surface area contributed by atoms with Crippen LogP contribution in [0.1, 0.15) is 100 Å². The van der Waals surface area contributed by atoms with Crippen LogP contribution in [0.3, 0.4) is 0 Å². The quantitative estimate of drug-likeness (QED) is 0.0911. The number of aliphatic hydroxyl groups is 2. The van der Waals surface area contributed by atoms with Crippen molar-refractivity contribution in [1.82, 2.24) is 40.0 Å². The maximum atomic E-state index is 14.4. The molecule has 5 heterocycles. The van der Waals surface area contributed by atoms with Crippen molar-refractivity contribution in [3.8, 4) is 0 Å². The van der Waals surface area contributed by atoms with Crippen LogP contribution in [-0.4, -0.2) is 125 Å². The predicted molar refractivity (Wildman–Crippen MR) is 235 cm³/mol. The Morgan fingerprint density at radius 3 is 1.72 bits per heavy atom. The normalized spacial score (nSPS) is 23.4. The molecule has 6 N–H and O–H groups in total. The third kappa shape index (κ3) is 8.43. The Kier molecular flexibility index (Phi) is 12.3. The fourth-order valence-corrected chi connectivity index (χ4v) is 9.95. The first-order valence-corrected chi connectivity index (χ1v) is 21.8. The molecule has 8 rings (SSSR count). The van der Waals surface area contributed by atoms with Crippen molar-refractivity contribution in [2.75, 3.05) is 32.1 Å². The van der Waals surface area contributed by atoms with Crippen molar-refractivity contribution in [1.29, 1.82) is 0 Å². The number of carbonyl (C=O) groups excluding carboxylic acids is 3. The molecule has 0 bridgehead atoms. The van der Waals surface area contributed by atoms with Gasteiger partial charge in [-0.1, -0.05) is 39.8 Å². The number of halogens is 1. The minimum atomic E-state index is -1.21. The first kappa shape index (κ1) is 44.3. The van der Waals surface area contributed by atoms with E-state index in [1.807, 2.05) is 50.2 Å². The van der Waals surface area contributed by atoms with E-state index < -0.39 is 54.5 Å². The van der Waals surface area contributed by atoms with Gasteiger partial charge in [-0.15, -0.1) is 0 Å². The summed E-state index contributed by atoms with van der Waals surface area (Å²) in [5.41, 5.74) is 5.64. The highest BCUT2D eigenvalue weighted by Gasteiger charge is 2.44. The summed E-state index contributed by atoms with van der Waals surface area (Å²) in [6, 6.07) is 15.3. The molecule has 340 valence electrons. The molecule has 0 radical (unpaired) electrons. The summed E-state index contributed by atoms with van der Waals surface area (Å²) in [4.78, 5) is 74.8. The number of β-amino-alcohol motifs (C(OH)–C–C–N with tert-alkyl or cyclic N) is 2. The van der Waals surface area contributed by atoms with Crippen LogP contribution in [-0.2, 0) is 14.3 Å². The number of likely N-dealkylation sites (tertiary alicyclic amines) is 2. The Morgan fingerprint density at radius 1 is 0.766 bits per heavy atom. The zero-order valence-electron chi connectivity index (χ0n) is 36.7.